The van der Waals surface area contributed by atoms with Crippen molar-refractivity contribution in [1.82, 2.24) is 9.55 Å². The number of aromatic hydroxyl groups is 1. The summed E-state index contributed by atoms with van der Waals surface area (Å²) in [4.78, 5) is 46.9. The van der Waals surface area contributed by atoms with Crippen molar-refractivity contribution >= 4 is 143 Å². The van der Waals surface area contributed by atoms with Gasteiger partial charge in [0.2, 0.25) is 0 Å². The number of nitrogens with two attached hydrogens (primary N) is 1. The van der Waals surface area contributed by atoms with Gasteiger partial charge in [-0.2, -0.15) is 0 Å². The Kier molecular flexibility index (Phi) is 20.3. The molecule has 7 aromatic rings. The standard InChI is InChI=1S/C17H13NO3S2.C9H7NO2S.C8H7ClO3.C8H9NO2.CCl2S/c1-10-3-6-13(7-4-10)20-16(22)18-14-8-5-12(11(2)19)9-15(14)21-17(18)23;1-5(11)6-2-3-7-8(4-6)12-9(13)10-7;1-11-6-2-4-7(5-3-6)12-8(9)10;1-5(10)6-2-3-7(9)8(11)4-6;2-1(3)4/h3-9H,1-2H3;2-4H,1H3,(H,10,13);2-5H,1H3;2-4,11H,9H2,1H3;. The van der Waals surface area contributed by atoms with Crippen LogP contribution in [0.5, 0.6) is 23.0 Å². The van der Waals surface area contributed by atoms with E-state index < -0.39 is 5.43 Å². The summed E-state index contributed by atoms with van der Waals surface area (Å²) >= 11 is 34.0. The first kappa shape index (κ1) is 51.6. The number of Topliss-reactive ketones (excluding diaryl/α,β-unsaturated/α-hetero) is 3. The molecule has 7 rings (SSSR count). The quantitative estimate of drug-likeness (QED) is 0.0469. The number of aryl methyl sites for hydroxylation is 1. The van der Waals surface area contributed by atoms with Gasteiger partial charge < -0.3 is 38.9 Å². The zero-order valence-electron chi connectivity index (χ0n) is 33.7. The molecule has 0 fully saturated rings. The SMILES string of the molecule is CC(=O)c1ccc(N)c(O)c1.CC(=O)c1ccc2[nH]c(=S)oc2c1.CC(=O)c1ccc2c(c1)oc(=S)n2C(=S)Oc1ccc(C)cc1.COc1ccc(OC(=O)Cl)cc1.S=C(Cl)Cl. The maximum atomic E-state index is 11.5. The number of carbonyl (C=O) groups excluding carboxylic acids is 4. The molecule has 20 heteroatoms. The third kappa shape index (κ3) is 16.8. The number of carbonyl (C=O) groups is 4. The molecule has 0 unspecified atom stereocenters. The van der Waals surface area contributed by atoms with Gasteiger partial charge >= 0.3 is 5.43 Å². The van der Waals surface area contributed by atoms with Gasteiger partial charge in [-0.25, -0.2) is 9.36 Å². The molecule has 2 aromatic heterocycles. The van der Waals surface area contributed by atoms with Gasteiger partial charge in [0.1, 0.15) is 23.0 Å². The van der Waals surface area contributed by atoms with Crippen LogP contribution in [0.2, 0.25) is 0 Å². The first-order chi connectivity index (χ1) is 29.7. The highest BCUT2D eigenvalue weighted by Gasteiger charge is 2.14. The molecule has 0 saturated carbocycles. The number of nitrogens with one attached hydrogen (secondary N) is 1. The zero-order valence-corrected chi connectivity index (χ0v) is 39.3. The molecule has 4 N–H and O–H groups in total. The van der Waals surface area contributed by atoms with Crippen molar-refractivity contribution in [3.05, 3.63) is 135 Å². The molecule has 0 radical (unpaired) electrons. The second-order valence-electron chi connectivity index (χ2n) is 12.5. The third-order valence-electron chi connectivity index (χ3n) is 7.92. The van der Waals surface area contributed by atoms with Crippen molar-refractivity contribution in [1.29, 1.82) is 0 Å². The van der Waals surface area contributed by atoms with Crippen LogP contribution in [0.1, 0.15) is 57.4 Å². The van der Waals surface area contributed by atoms with Crippen molar-refractivity contribution in [2.24, 2.45) is 0 Å². The van der Waals surface area contributed by atoms with Crippen molar-refractivity contribution in [3.63, 3.8) is 0 Å². The van der Waals surface area contributed by atoms with Gasteiger partial charge in [-0.15, -0.1) is 0 Å². The number of anilines is 1. The highest BCUT2D eigenvalue weighted by molar-refractivity contribution is 7.86. The Balaban J connectivity index is 0.000000228. The second-order valence-corrected chi connectivity index (χ2v) is 15.7. The van der Waals surface area contributed by atoms with E-state index in [2.05, 4.69) is 21.9 Å². The lowest BCUT2D eigenvalue weighted by atomic mass is 10.1. The van der Waals surface area contributed by atoms with Gasteiger partial charge in [-0.05, 0) is 155 Å². The molecule has 0 aliphatic carbocycles. The van der Waals surface area contributed by atoms with E-state index in [1.54, 1.807) is 73.8 Å². The van der Waals surface area contributed by atoms with Crippen molar-refractivity contribution in [2.45, 2.75) is 27.7 Å². The second kappa shape index (κ2) is 24.7. The van der Waals surface area contributed by atoms with Crippen LogP contribution in [0.15, 0.2) is 112 Å². The van der Waals surface area contributed by atoms with E-state index in [1.807, 2.05) is 31.2 Å². The Bertz CT molecular complexity index is 2890. The summed E-state index contributed by atoms with van der Waals surface area (Å²) in [5.74, 6) is 1.57. The normalized spacial score (nSPS) is 9.90. The average molecular weight is 989 g/mol. The lowest BCUT2D eigenvalue weighted by molar-refractivity contribution is 0.100. The number of hydrogen-bond donors (Lipinski definition) is 3. The molecule has 0 saturated heterocycles. The van der Waals surface area contributed by atoms with Gasteiger partial charge in [-0.1, -0.05) is 53.1 Å². The molecule has 13 nitrogen and oxygen atoms in total. The maximum Gasteiger partial charge on any atom is 0.409 e. The van der Waals surface area contributed by atoms with E-state index in [0.29, 0.717) is 55.5 Å². The summed E-state index contributed by atoms with van der Waals surface area (Å²) in [7, 11) is 1.56. The van der Waals surface area contributed by atoms with E-state index in [0.717, 1.165) is 11.1 Å². The molecule has 0 aliphatic heterocycles. The lowest BCUT2D eigenvalue weighted by Gasteiger charge is -2.08. The Morgan fingerprint density at radius 3 is 1.68 bits per heavy atom. The van der Waals surface area contributed by atoms with Gasteiger partial charge in [0.05, 0.1) is 23.8 Å². The third-order valence-corrected chi connectivity index (χ3v) is 8.71. The number of nitrogens with zero attached hydrogens (tertiary/aromatic N) is 1. The maximum absolute atomic E-state index is 11.5. The number of fused-ring (bicyclic) bond motifs is 2. The Hall–Kier alpha value is -5.79. The number of hydrogen-bond acceptors (Lipinski definition) is 15. The highest BCUT2D eigenvalue weighted by atomic mass is 35.5. The predicted octanol–water partition coefficient (Wildman–Crippen LogP) is 12.7. The van der Waals surface area contributed by atoms with Crippen LogP contribution in [0.3, 0.4) is 0 Å². The summed E-state index contributed by atoms with van der Waals surface area (Å²) in [5.41, 5.74) is 10.2. The molecular weight excluding hydrogens is 953 g/mol. The lowest BCUT2D eigenvalue weighted by Crippen LogP contribution is -2.16. The minimum absolute atomic E-state index is 0.0178. The molecule has 328 valence electrons. The summed E-state index contributed by atoms with van der Waals surface area (Å²) < 4.78 is 27.3. The number of thiocarbonyl (C=S) groups is 2. The number of aromatic amines is 1. The number of H-pyrrole nitrogens is 1. The number of benzene rings is 5. The molecule has 0 atom stereocenters. The number of phenolic OH excluding ortho intramolecular Hbond substituents is 1. The van der Waals surface area contributed by atoms with E-state index in [9.17, 15) is 19.2 Å². The number of oxazole rings is 2. The van der Waals surface area contributed by atoms with Crippen molar-refractivity contribution in [2.75, 3.05) is 12.8 Å². The number of ether oxygens (including phenoxy) is 3. The fourth-order valence-electron chi connectivity index (χ4n) is 4.83. The Labute approximate surface area is 396 Å². The largest absolute Gasteiger partial charge is 0.506 e. The zero-order chi connectivity index (χ0) is 47.0. The first-order valence-electron chi connectivity index (χ1n) is 17.7. The van der Waals surface area contributed by atoms with Crippen molar-refractivity contribution in [3.8, 4) is 23.0 Å². The average Bonchev–Trinajstić information content (AvgIpc) is 3.77. The Morgan fingerprint density at radius 2 is 1.16 bits per heavy atom. The number of rotatable bonds is 6. The first-order valence-corrected chi connectivity index (χ1v) is 20.5. The summed E-state index contributed by atoms with van der Waals surface area (Å²) in [6.07, 6.45) is 0. The molecule has 5 aromatic carbocycles. The molecule has 0 spiro atoms. The number of nitrogen functional groups attached to an aromatic ring is 1. The molecule has 63 heavy (non-hydrogen) atoms. The highest BCUT2D eigenvalue weighted by Crippen LogP contribution is 2.23. The predicted molar refractivity (Wildman–Crippen MR) is 258 cm³/mol. The van der Waals surface area contributed by atoms with Gasteiger partial charge in [0.25, 0.3) is 14.8 Å². The minimum atomic E-state index is -0.847. The monoisotopic (exact) mass is 987 g/mol. The number of halogens is 3. The summed E-state index contributed by atoms with van der Waals surface area (Å²) in [5, 5.41) is 9.25. The van der Waals surface area contributed by atoms with E-state index in [1.165, 1.54) is 37.5 Å². The van der Waals surface area contributed by atoms with Gasteiger partial charge in [-0.3, -0.25) is 14.4 Å². The van der Waals surface area contributed by atoms with Gasteiger partial charge in [0, 0.05) is 28.3 Å². The van der Waals surface area contributed by atoms with Crippen LogP contribution in [0.25, 0.3) is 22.2 Å². The fourth-order valence-corrected chi connectivity index (χ4v) is 5.72. The Morgan fingerprint density at radius 1 is 0.683 bits per heavy atom. The number of aromatic nitrogens is 2. The number of methoxy groups -OCH3 is 1. The van der Waals surface area contributed by atoms with Crippen LogP contribution in [0.4, 0.5) is 10.5 Å². The molecule has 0 aliphatic rings. The van der Waals surface area contributed by atoms with E-state index >= 15 is 0 Å². The molecular formula is C43H36Cl3N3O10S4. The van der Waals surface area contributed by atoms with E-state index in [-0.39, 0.29) is 42.6 Å². The topological polar surface area (TPSA) is 189 Å². The summed E-state index contributed by atoms with van der Waals surface area (Å²) in [6.45, 7) is 6.44. The minimum Gasteiger partial charge on any atom is -0.506 e. The number of phenols is 1. The summed E-state index contributed by atoms with van der Waals surface area (Å²) in [6, 6.07) is 28.8. The van der Waals surface area contributed by atoms with Gasteiger partial charge in [0.15, 0.2) is 32.3 Å². The molecule has 0 bridgehead atoms. The fraction of sp³-hybridized carbons (Fsp3) is 0.116. The van der Waals surface area contributed by atoms with Crippen LogP contribution in [0, 0.1) is 16.6 Å². The molecule has 0 amide bonds. The molecule has 2 heterocycles. The number of ketones is 3. The van der Waals surface area contributed by atoms with Crippen LogP contribution >= 0.6 is 83.7 Å². The smallest absolute Gasteiger partial charge is 0.409 e. The van der Waals surface area contributed by atoms with Crippen molar-refractivity contribution < 1.29 is 47.3 Å². The van der Waals surface area contributed by atoms with Crippen LogP contribution in [-0.4, -0.2) is 53.5 Å². The van der Waals surface area contributed by atoms with Crippen LogP contribution in [-0.2, 0) is 0 Å². The van der Waals surface area contributed by atoms with Crippen LogP contribution < -0.4 is 19.9 Å². The van der Waals surface area contributed by atoms with E-state index in [4.69, 9.17) is 101 Å².